The van der Waals surface area contributed by atoms with Gasteiger partial charge in [0, 0.05) is 12.8 Å². The second-order valence-electron chi connectivity index (χ2n) is 20.0. The summed E-state index contributed by atoms with van der Waals surface area (Å²) < 4.78 is 5.46. The summed E-state index contributed by atoms with van der Waals surface area (Å²) in [4.78, 5) is 24.4. The number of rotatable bonds is 54. The van der Waals surface area contributed by atoms with Crippen molar-refractivity contribution in [3.05, 3.63) is 24.3 Å². The molecule has 2 atom stereocenters. The van der Waals surface area contributed by atoms with E-state index in [1.807, 2.05) is 6.08 Å². The van der Waals surface area contributed by atoms with Gasteiger partial charge in [0.05, 0.1) is 25.4 Å². The number of allylic oxidation sites excluding steroid dienone is 3. The lowest BCUT2D eigenvalue weighted by atomic mass is 10.0. The van der Waals surface area contributed by atoms with E-state index in [9.17, 15) is 19.8 Å². The molecule has 0 fully saturated rings. The zero-order valence-corrected chi connectivity index (χ0v) is 43.7. The molecule has 0 aliphatic carbocycles. The van der Waals surface area contributed by atoms with Gasteiger partial charge in [0.25, 0.3) is 0 Å². The Morgan fingerprint density at radius 3 is 1.14 bits per heavy atom. The van der Waals surface area contributed by atoms with E-state index in [1.165, 1.54) is 244 Å². The summed E-state index contributed by atoms with van der Waals surface area (Å²) >= 11 is 0. The first-order valence-electron chi connectivity index (χ1n) is 29.1. The number of unbranched alkanes of at least 4 members (excludes halogenated alkanes) is 41. The number of nitrogens with one attached hydrogen (secondary N) is 1. The molecule has 3 N–H and O–H groups in total. The van der Waals surface area contributed by atoms with Gasteiger partial charge in [-0.25, -0.2) is 0 Å². The third kappa shape index (κ3) is 51.6. The maximum absolute atomic E-state index is 12.4. The maximum Gasteiger partial charge on any atom is 0.305 e. The standard InChI is InChI=1S/C59H113NO5/c1-3-5-7-9-11-13-32-37-41-45-49-53-59(64)65-54-50-46-42-38-34-31-29-27-25-23-21-19-17-15-14-16-18-20-22-24-26-28-30-33-36-40-44-48-52-58(63)60-56(55-61)57(62)51-47-43-39-35-12-10-8-6-4-2/h9,11,47,51,56-57,61-62H,3-8,10,12-46,48-50,52-55H2,1-2H3,(H,60,63)/b11-9-,51-47+. The van der Waals surface area contributed by atoms with E-state index in [0.717, 1.165) is 44.9 Å². The van der Waals surface area contributed by atoms with Gasteiger partial charge < -0.3 is 20.3 Å². The zero-order chi connectivity index (χ0) is 47.2. The first kappa shape index (κ1) is 63.3. The van der Waals surface area contributed by atoms with Crippen LogP contribution in [0.3, 0.4) is 0 Å². The zero-order valence-electron chi connectivity index (χ0n) is 43.7. The van der Waals surface area contributed by atoms with Gasteiger partial charge in [-0.1, -0.05) is 276 Å². The lowest BCUT2D eigenvalue weighted by Gasteiger charge is -2.20. The Bertz CT molecular complexity index is 1010. The Balaban J connectivity index is 3.32. The fraction of sp³-hybridized carbons (Fsp3) is 0.898. The van der Waals surface area contributed by atoms with Gasteiger partial charge in [0.2, 0.25) is 5.91 Å². The maximum atomic E-state index is 12.4. The number of amides is 1. The molecule has 0 bridgehead atoms. The smallest absolute Gasteiger partial charge is 0.305 e. The second kappa shape index (κ2) is 54.9. The fourth-order valence-electron chi connectivity index (χ4n) is 8.97. The van der Waals surface area contributed by atoms with E-state index in [4.69, 9.17) is 4.74 Å². The van der Waals surface area contributed by atoms with E-state index < -0.39 is 12.1 Å². The number of hydrogen-bond donors (Lipinski definition) is 3. The van der Waals surface area contributed by atoms with Crippen molar-refractivity contribution in [2.24, 2.45) is 0 Å². The van der Waals surface area contributed by atoms with E-state index >= 15 is 0 Å². The number of aliphatic hydroxyl groups is 2. The van der Waals surface area contributed by atoms with Crippen LogP contribution in [0.2, 0.25) is 0 Å². The number of carbonyl (C=O) groups is 2. The molecule has 0 radical (unpaired) electrons. The number of carbonyl (C=O) groups excluding carboxylic acids is 2. The van der Waals surface area contributed by atoms with Crippen LogP contribution in [0.4, 0.5) is 0 Å². The third-order valence-electron chi connectivity index (χ3n) is 13.5. The predicted molar refractivity (Wildman–Crippen MR) is 283 cm³/mol. The normalized spacial score (nSPS) is 12.7. The molecule has 1 amide bonds. The monoisotopic (exact) mass is 916 g/mol. The van der Waals surface area contributed by atoms with Crippen LogP contribution in [0, 0.1) is 0 Å². The number of esters is 1. The van der Waals surface area contributed by atoms with Crippen molar-refractivity contribution in [1.82, 2.24) is 5.32 Å². The second-order valence-corrected chi connectivity index (χ2v) is 20.0. The summed E-state index contributed by atoms with van der Waals surface area (Å²) in [5.41, 5.74) is 0. The molecule has 0 rings (SSSR count). The Kier molecular flexibility index (Phi) is 53.5. The van der Waals surface area contributed by atoms with E-state index in [1.54, 1.807) is 6.08 Å². The van der Waals surface area contributed by atoms with Gasteiger partial charge in [-0.3, -0.25) is 9.59 Å². The quantitative estimate of drug-likeness (QED) is 0.0321. The van der Waals surface area contributed by atoms with Crippen molar-refractivity contribution in [3.63, 3.8) is 0 Å². The van der Waals surface area contributed by atoms with Gasteiger partial charge in [0.15, 0.2) is 0 Å². The first-order valence-corrected chi connectivity index (χ1v) is 29.1. The summed E-state index contributed by atoms with van der Waals surface area (Å²) in [6, 6.07) is -0.622. The molecule has 2 unspecified atom stereocenters. The van der Waals surface area contributed by atoms with Crippen molar-refractivity contribution in [2.45, 2.75) is 328 Å². The molecule has 0 aromatic rings. The molecule has 6 nitrogen and oxygen atoms in total. The van der Waals surface area contributed by atoms with Crippen LogP contribution in [-0.2, 0) is 14.3 Å². The Hall–Kier alpha value is -1.66. The van der Waals surface area contributed by atoms with Crippen LogP contribution in [0.1, 0.15) is 316 Å². The van der Waals surface area contributed by atoms with Crippen molar-refractivity contribution >= 4 is 11.9 Å². The minimum atomic E-state index is -0.839. The highest BCUT2D eigenvalue weighted by Crippen LogP contribution is 2.17. The lowest BCUT2D eigenvalue weighted by Crippen LogP contribution is -2.45. The Labute approximate surface area is 405 Å². The highest BCUT2D eigenvalue weighted by atomic mass is 16.5. The summed E-state index contributed by atoms with van der Waals surface area (Å²) in [6.07, 6.45) is 66.6. The van der Waals surface area contributed by atoms with Crippen LogP contribution >= 0.6 is 0 Å². The average Bonchev–Trinajstić information content (AvgIpc) is 3.31. The molecule has 0 saturated carbocycles. The van der Waals surface area contributed by atoms with Crippen LogP contribution < -0.4 is 5.32 Å². The summed E-state index contributed by atoms with van der Waals surface area (Å²) in [5, 5.41) is 22.9. The molecule has 0 heterocycles. The molecule has 6 heteroatoms. The minimum Gasteiger partial charge on any atom is -0.466 e. The van der Waals surface area contributed by atoms with Gasteiger partial charge in [-0.15, -0.1) is 0 Å². The molecule has 0 spiro atoms. The number of ether oxygens (including phenoxy) is 1. The molecular weight excluding hydrogens is 803 g/mol. The SMILES string of the molecule is CCCC/C=C\CCCCCCCC(=O)OCCCCCCCCCCCCCCCCCCCCCCCCCCCCCCC(=O)NC(CO)C(O)/C=C/CCCCCCCCC. The van der Waals surface area contributed by atoms with Crippen molar-refractivity contribution in [2.75, 3.05) is 13.2 Å². The molecular formula is C59H113NO5. The van der Waals surface area contributed by atoms with Crippen molar-refractivity contribution < 1.29 is 24.5 Å². The summed E-state index contributed by atoms with van der Waals surface area (Å²) in [6.45, 7) is 4.85. The molecule has 65 heavy (non-hydrogen) atoms. The molecule has 0 aromatic carbocycles. The van der Waals surface area contributed by atoms with Crippen molar-refractivity contribution in [3.8, 4) is 0 Å². The fourth-order valence-corrected chi connectivity index (χ4v) is 8.97. The van der Waals surface area contributed by atoms with E-state index in [2.05, 4.69) is 31.3 Å². The molecule has 0 aliphatic rings. The molecule has 0 saturated heterocycles. The van der Waals surface area contributed by atoms with E-state index in [0.29, 0.717) is 19.4 Å². The van der Waals surface area contributed by atoms with Crippen LogP contribution in [0.25, 0.3) is 0 Å². The first-order chi connectivity index (χ1) is 32.0. The average molecular weight is 917 g/mol. The van der Waals surface area contributed by atoms with Gasteiger partial charge in [0.1, 0.15) is 0 Å². The van der Waals surface area contributed by atoms with E-state index in [-0.39, 0.29) is 18.5 Å². The van der Waals surface area contributed by atoms with Gasteiger partial charge in [-0.05, 0) is 51.4 Å². The summed E-state index contributed by atoms with van der Waals surface area (Å²) in [5.74, 6) is -0.0599. The molecule has 0 aliphatic heterocycles. The Morgan fingerprint density at radius 1 is 0.415 bits per heavy atom. The third-order valence-corrected chi connectivity index (χ3v) is 13.5. The highest BCUT2D eigenvalue weighted by molar-refractivity contribution is 5.76. The molecule has 0 aromatic heterocycles. The predicted octanol–water partition coefficient (Wildman–Crippen LogP) is 17.9. The van der Waals surface area contributed by atoms with Gasteiger partial charge in [-0.2, -0.15) is 0 Å². The lowest BCUT2D eigenvalue weighted by molar-refractivity contribution is -0.143. The largest absolute Gasteiger partial charge is 0.466 e. The number of hydrogen-bond acceptors (Lipinski definition) is 5. The molecule has 384 valence electrons. The minimum absolute atomic E-state index is 0.00708. The van der Waals surface area contributed by atoms with Crippen molar-refractivity contribution in [1.29, 1.82) is 0 Å². The van der Waals surface area contributed by atoms with Crippen LogP contribution in [0.5, 0.6) is 0 Å². The number of aliphatic hydroxyl groups excluding tert-OH is 2. The highest BCUT2D eigenvalue weighted by Gasteiger charge is 2.18. The Morgan fingerprint density at radius 2 is 0.738 bits per heavy atom. The topological polar surface area (TPSA) is 95.9 Å². The summed E-state index contributed by atoms with van der Waals surface area (Å²) in [7, 11) is 0. The van der Waals surface area contributed by atoms with Crippen LogP contribution in [0.15, 0.2) is 24.3 Å². The van der Waals surface area contributed by atoms with Crippen LogP contribution in [-0.4, -0.2) is 47.4 Å². The van der Waals surface area contributed by atoms with Gasteiger partial charge >= 0.3 is 5.97 Å².